The number of hydrogen-bond donors (Lipinski definition) is 1. The van der Waals surface area contributed by atoms with Crippen LogP contribution in [0, 0.1) is 0 Å². The molecule has 1 atom stereocenters. The standard InChI is InChI=1S/C13H19NOS/c1-9(14)13(6-7-13)11-8-10(16-3)4-5-12(11)15-2/h4-5,8-9H,6-7,14H2,1-3H3. The van der Waals surface area contributed by atoms with Crippen molar-refractivity contribution in [2.75, 3.05) is 13.4 Å². The van der Waals surface area contributed by atoms with E-state index in [1.54, 1.807) is 18.9 Å². The molecule has 0 spiro atoms. The van der Waals surface area contributed by atoms with Crippen LogP contribution >= 0.6 is 11.8 Å². The highest BCUT2D eigenvalue weighted by Crippen LogP contribution is 2.53. The molecule has 1 saturated carbocycles. The zero-order chi connectivity index (χ0) is 11.8. The van der Waals surface area contributed by atoms with E-state index in [2.05, 4.69) is 31.4 Å². The van der Waals surface area contributed by atoms with Gasteiger partial charge in [-0.1, -0.05) is 0 Å². The van der Waals surface area contributed by atoms with E-state index in [0.29, 0.717) is 0 Å². The largest absolute Gasteiger partial charge is 0.496 e. The van der Waals surface area contributed by atoms with Crippen LogP contribution in [0.4, 0.5) is 0 Å². The number of methoxy groups -OCH3 is 1. The van der Waals surface area contributed by atoms with Crippen molar-refractivity contribution >= 4 is 11.8 Å². The summed E-state index contributed by atoms with van der Waals surface area (Å²) in [7, 11) is 1.73. The van der Waals surface area contributed by atoms with E-state index < -0.39 is 0 Å². The summed E-state index contributed by atoms with van der Waals surface area (Å²) in [4.78, 5) is 1.28. The summed E-state index contributed by atoms with van der Waals surface area (Å²) < 4.78 is 5.46. The van der Waals surface area contributed by atoms with Gasteiger partial charge in [0, 0.05) is 21.9 Å². The SMILES string of the molecule is COc1ccc(SC)cc1C1(C(C)N)CC1. The number of hydrogen-bond acceptors (Lipinski definition) is 3. The molecule has 3 heteroatoms. The Morgan fingerprint density at radius 1 is 1.44 bits per heavy atom. The average molecular weight is 237 g/mol. The van der Waals surface area contributed by atoms with E-state index in [1.807, 2.05) is 0 Å². The third-order valence-electron chi connectivity index (χ3n) is 3.60. The molecule has 2 rings (SSSR count). The van der Waals surface area contributed by atoms with Crippen LogP contribution in [0.25, 0.3) is 0 Å². The van der Waals surface area contributed by atoms with Gasteiger partial charge in [0.05, 0.1) is 7.11 Å². The monoisotopic (exact) mass is 237 g/mol. The molecular formula is C13H19NOS. The maximum absolute atomic E-state index is 6.12. The van der Waals surface area contributed by atoms with Crippen molar-refractivity contribution in [3.8, 4) is 5.75 Å². The van der Waals surface area contributed by atoms with Gasteiger partial charge >= 0.3 is 0 Å². The molecular weight excluding hydrogens is 218 g/mol. The minimum absolute atomic E-state index is 0.164. The quantitative estimate of drug-likeness (QED) is 0.818. The molecule has 1 fully saturated rings. The lowest BCUT2D eigenvalue weighted by atomic mass is 9.89. The summed E-state index contributed by atoms with van der Waals surface area (Å²) in [6, 6.07) is 6.59. The maximum atomic E-state index is 6.12. The van der Waals surface area contributed by atoms with Gasteiger partial charge in [-0.25, -0.2) is 0 Å². The van der Waals surface area contributed by atoms with Crippen molar-refractivity contribution in [3.05, 3.63) is 23.8 Å². The van der Waals surface area contributed by atoms with Crippen LogP contribution in [0.2, 0.25) is 0 Å². The second kappa shape index (κ2) is 4.30. The van der Waals surface area contributed by atoms with E-state index in [-0.39, 0.29) is 11.5 Å². The van der Waals surface area contributed by atoms with Gasteiger partial charge < -0.3 is 10.5 Å². The third kappa shape index (κ3) is 1.82. The van der Waals surface area contributed by atoms with Crippen LogP contribution in [0.15, 0.2) is 23.1 Å². The average Bonchev–Trinajstić information content (AvgIpc) is 3.09. The van der Waals surface area contributed by atoms with Gasteiger partial charge in [-0.2, -0.15) is 0 Å². The molecule has 2 N–H and O–H groups in total. The van der Waals surface area contributed by atoms with Crippen LogP contribution < -0.4 is 10.5 Å². The van der Waals surface area contributed by atoms with Gasteiger partial charge in [-0.15, -0.1) is 11.8 Å². The van der Waals surface area contributed by atoms with Crippen molar-refractivity contribution in [3.63, 3.8) is 0 Å². The van der Waals surface area contributed by atoms with Crippen molar-refractivity contribution in [1.82, 2.24) is 0 Å². The fraction of sp³-hybridized carbons (Fsp3) is 0.538. The van der Waals surface area contributed by atoms with E-state index in [9.17, 15) is 0 Å². The lowest BCUT2D eigenvalue weighted by Gasteiger charge is -2.23. The molecule has 1 aromatic carbocycles. The van der Waals surface area contributed by atoms with Crippen molar-refractivity contribution in [1.29, 1.82) is 0 Å². The molecule has 1 aliphatic carbocycles. The second-order valence-corrected chi connectivity index (χ2v) is 5.39. The van der Waals surface area contributed by atoms with Gasteiger partial charge in [0.15, 0.2) is 0 Å². The molecule has 0 heterocycles. The Labute approximate surface area is 102 Å². The molecule has 2 nitrogen and oxygen atoms in total. The molecule has 0 radical (unpaired) electrons. The lowest BCUT2D eigenvalue weighted by Crippen LogP contribution is -2.31. The van der Waals surface area contributed by atoms with E-state index in [1.165, 1.54) is 23.3 Å². The highest BCUT2D eigenvalue weighted by molar-refractivity contribution is 7.98. The molecule has 88 valence electrons. The molecule has 1 aromatic rings. The Hall–Kier alpha value is -0.670. The maximum Gasteiger partial charge on any atom is 0.122 e. The summed E-state index contributed by atoms with van der Waals surface area (Å²) in [6.45, 7) is 2.10. The second-order valence-electron chi connectivity index (χ2n) is 4.51. The number of ether oxygens (including phenoxy) is 1. The zero-order valence-electron chi connectivity index (χ0n) is 10.1. The summed E-state index contributed by atoms with van der Waals surface area (Å²) in [5.41, 5.74) is 7.57. The summed E-state index contributed by atoms with van der Waals surface area (Å²) >= 11 is 1.76. The molecule has 0 aliphatic heterocycles. The number of nitrogens with two attached hydrogens (primary N) is 1. The smallest absolute Gasteiger partial charge is 0.122 e. The molecule has 0 bridgehead atoms. The zero-order valence-corrected chi connectivity index (χ0v) is 10.9. The first kappa shape index (κ1) is 11.8. The normalized spacial score (nSPS) is 19.2. The van der Waals surface area contributed by atoms with E-state index in [0.717, 1.165) is 5.75 Å². The highest BCUT2D eigenvalue weighted by atomic mass is 32.2. The highest BCUT2D eigenvalue weighted by Gasteiger charge is 2.49. The lowest BCUT2D eigenvalue weighted by molar-refractivity contribution is 0.398. The summed E-state index contributed by atoms with van der Waals surface area (Å²) in [6.07, 6.45) is 4.45. The Bertz CT molecular complexity index is 386. The molecule has 1 unspecified atom stereocenters. The Kier molecular flexibility index (Phi) is 3.17. The number of rotatable bonds is 4. The van der Waals surface area contributed by atoms with Crippen molar-refractivity contribution in [2.24, 2.45) is 5.73 Å². The predicted octanol–water partition coefficient (Wildman–Crippen LogP) is 2.80. The fourth-order valence-corrected chi connectivity index (χ4v) is 2.75. The molecule has 16 heavy (non-hydrogen) atoms. The molecule has 1 aliphatic rings. The van der Waals surface area contributed by atoms with E-state index in [4.69, 9.17) is 10.5 Å². The van der Waals surface area contributed by atoms with Crippen LogP contribution in [0.5, 0.6) is 5.75 Å². The number of thioether (sulfide) groups is 1. The molecule has 0 amide bonds. The van der Waals surface area contributed by atoms with Crippen LogP contribution in [-0.4, -0.2) is 19.4 Å². The van der Waals surface area contributed by atoms with E-state index >= 15 is 0 Å². The van der Waals surface area contributed by atoms with Crippen LogP contribution in [-0.2, 0) is 5.41 Å². The summed E-state index contributed by atoms with van der Waals surface area (Å²) in [5.74, 6) is 0.979. The third-order valence-corrected chi connectivity index (χ3v) is 4.33. The summed E-state index contributed by atoms with van der Waals surface area (Å²) in [5, 5.41) is 0. The Morgan fingerprint density at radius 2 is 2.12 bits per heavy atom. The van der Waals surface area contributed by atoms with Gasteiger partial charge in [0.25, 0.3) is 0 Å². The Morgan fingerprint density at radius 3 is 2.56 bits per heavy atom. The van der Waals surface area contributed by atoms with Gasteiger partial charge in [0.2, 0.25) is 0 Å². The number of benzene rings is 1. The van der Waals surface area contributed by atoms with Crippen molar-refractivity contribution < 1.29 is 4.74 Å². The van der Waals surface area contributed by atoms with Gasteiger partial charge in [0.1, 0.15) is 5.75 Å². The van der Waals surface area contributed by atoms with Crippen LogP contribution in [0.1, 0.15) is 25.3 Å². The Balaban J connectivity index is 2.45. The molecule has 0 aromatic heterocycles. The predicted molar refractivity (Wildman–Crippen MR) is 69.3 cm³/mol. The minimum atomic E-state index is 0.164. The first-order valence-corrected chi connectivity index (χ1v) is 6.84. The molecule has 0 saturated heterocycles. The first-order valence-electron chi connectivity index (χ1n) is 5.62. The van der Waals surface area contributed by atoms with Crippen molar-refractivity contribution in [2.45, 2.75) is 36.1 Å². The van der Waals surface area contributed by atoms with Gasteiger partial charge in [-0.3, -0.25) is 0 Å². The van der Waals surface area contributed by atoms with Gasteiger partial charge in [-0.05, 0) is 44.2 Å². The topological polar surface area (TPSA) is 35.2 Å². The first-order chi connectivity index (χ1) is 7.64. The fourth-order valence-electron chi connectivity index (χ4n) is 2.31. The minimum Gasteiger partial charge on any atom is -0.496 e. The van der Waals surface area contributed by atoms with Crippen LogP contribution in [0.3, 0.4) is 0 Å².